The van der Waals surface area contributed by atoms with Gasteiger partial charge in [0, 0.05) is 11.6 Å². The highest BCUT2D eigenvalue weighted by molar-refractivity contribution is 6.35. The first kappa shape index (κ1) is 11.9. The normalized spacial score (nSPS) is 19.1. The van der Waals surface area contributed by atoms with Gasteiger partial charge in [0.15, 0.2) is 0 Å². The van der Waals surface area contributed by atoms with Crippen molar-refractivity contribution in [2.45, 2.75) is 31.7 Å². The second kappa shape index (κ2) is 4.84. The van der Waals surface area contributed by atoms with Crippen LogP contribution in [0.4, 0.5) is 0 Å². The van der Waals surface area contributed by atoms with E-state index in [1.807, 2.05) is 18.2 Å². The molecule has 0 radical (unpaired) electrons. The summed E-state index contributed by atoms with van der Waals surface area (Å²) in [4.78, 5) is 23.0. The van der Waals surface area contributed by atoms with Crippen molar-refractivity contribution in [3.63, 3.8) is 0 Å². The van der Waals surface area contributed by atoms with E-state index in [1.165, 1.54) is 5.56 Å². The second-order valence-electron chi connectivity index (χ2n) is 4.90. The molecule has 0 aromatic heterocycles. The summed E-state index contributed by atoms with van der Waals surface area (Å²) in [7, 11) is 0. The summed E-state index contributed by atoms with van der Waals surface area (Å²) in [6.07, 6.45) is 3.64. The first-order chi connectivity index (χ1) is 9.24. The van der Waals surface area contributed by atoms with Gasteiger partial charge < -0.3 is 5.32 Å². The quantitative estimate of drug-likeness (QED) is 0.605. The first-order valence-electron chi connectivity index (χ1n) is 6.50. The summed E-state index contributed by atoms with van der Waals surface area (Å²) < 4.78 is 0. The molecule has 5 nitrogen and oxygen atoms in total. The van der Waals surface area contributed by atoms with E-state index in [1.54, 1.807) is 0 Å². The maximum Gasteiger partial charge on any atom is 0.329 e. The number of amides is 2. The largest absolute Gasteiger partial charge is 0.345 e. The number of fused-ring (bicyclic) bond motifs is 1. The number of hydrogen-bond donors (Lipinski definition) is 2. The number of carbonyl (C=O) groups excluding carboxylic acids is 2. The van der Waals surface area contributed by atoms with Crippen molar-refractivity contribution in [2.24, 2.45) is 5.10 Å². The summed E-state index contributed by atoms with van der Waals surface area (Å²) in [5, 5.41) is 6.70. The molecule has 0 aliphatic heterocycles. The van der Waals surface area contributed by atoms with Crippen LogP contribution >= 0.6 is 0 Å². The van der Waals surface area contributed by atoms with Gasteiger partial charge in [-0.25, -0.2) is 5.43 Å². The van der Waals surface area contributed by atoms with Crippen molar-refractivity contribution >= 4 is 17.5 Å². The molecule has 0 spiro atoms. The molecule has 1 aromatic carbocycles. The zero-order chi connectivity index (χ0) is 13.2. The number of hydrazone groups is 1. The molecule has 0 saturated heterocycles. The van der Waals surface area contributed by atoms with Crippen LogP contribution in [-0.2, 0) is 16.0 Å². The average molecular weight is 257 g/mol. The highest BCUT2D eigenvalue weighted by Gasteiger charge is 2.26. The fourth-order valence-electron chi connectivity index (χ4n) is 2.17. The molecule has 1 saturated carbocycles. The predicted molar refractivity (Wildman–Crippen MR) is 70.6 cm³/mol. The van der Waals surface area contributed by atoms with Gasteiger partial charge in [0.25, 0.3) is 0 Å². The van der Waals surface area contributed by atoms with E-state index in [2.05, 4.69) is 21.9 Å². The van der Waals surface area contributed by atoms with E-state index in [0.717, 1.165) is 37.0 Å². The molecule has 0 unspecified atom stereocenters. The zero-order valence-corrected chi connectivity index (χ0v) is 10.5. The first-order valence-corrected chi connectivity index (χ1v) is 6.50. The summed E-state index contributed by atoms with van der Waals surface area (Å²) in [5.41, 5.74) is 5.47. The van der Waals surface area contributed by atoms with E-state index in [-0.39, 0.29) is 6.04 Å². The second-order valence-corrected chi connectivity index (χ2v) is 4.90. The smallest absolute Gasteiger partial charge is 0.329 e. The minimum absolute atomic E-state index is 0.179. The average Bonchev–Trinajstić information content (AvgIpc) is 3.14. The highest BCUT2D eigenvalue weighted by Crippen LogP contribution is 2.21. The van der Waals surface area contributed by atoms with Crippen molar-refractivity contribution in [1.29, 1.82) is 0 Å². The molecule has 2 aliphatic rings. The van der Waals surface area contributed by atoms with Crippen LogP contribution < -0.4 is 10.7 Å². The Kier molecular flexibility index (Phi) is 3.03. The number of nitrogens with one attached hydrogen (secondary N) is 2. The molecule has 3 rings (SSSR count). The third kappa shape index (κ3) is 2.65. The number of aryl methyl sites for hydroxylation is 1. The molecular formula is C14H15N3O2. The Morgan fingerprint density at radius 3 is 2.68 bits per heavy atom. The lowest BCUT2D eigenvalue weighted by molar-refractivity contribution is -0.139. The Morgan fingerprint density at radius 2 is 1.89 bits per heavy atom. The van der Waals surface area contributed by atoms with Crippen molar-refractivity contribution in [2.75, 3.05) is 0 Å². The van der Waals surface area contributed by atoms with Gasteiger partial charge in [-0.15, -0.1) is 0 Å². The zero-order valence-electron chi connectivity index (χ0n) is 10.5. The van der Waals surface area contributed by atoms with Gasteiger partial charge in [0.2, 0.25) is 0 Å². The van der Waals surface area contributed by atoms with Crippen molar-refractivity contribution in [3.05, 3.63) is 35.4 Å². The van der Waals surface area contributed by atoms with Gasteiger partial charge in [0.05, 0.1) is 5.71 Å². The van der Waals surface area contributed by atoms with Crippen LogP contribution in [0.1, 0.15) is 30.4 Å². The monoisotopic (exact) mass is 257 g/mol. The lowest BCUT2D eigenvalue weighted by Crippen LogP contribution is -2.39. The SMILES string of the molecule is O=C(N/N=C1\CCc2ccccc21)C(=O)NC1CC1. The fourth-order valence-corrected chi connectivity index (χ4v) is 2.17. The molecule has 98 valence electrons. The van der Waals surface area contributed by atoms with E-state index < -0.39 is 11.8 Å². The number of rotatable bonds is 2. The van der Waals surface area contributed by atoms with Gasteiger partial charge in [-0.2, -0.15) is 5.10 Å². The molecular weight excluding hydrogens is 242 g/mol. The van der Waals surface area contributed by atoms with Crippen LogP contribution in [0.25, 0.3) is 0 Å². The molecule has 5 heteroatoms. The fraction of sp³-hybridized carbons (Fsp3) is 0.357. The Morgan fingerprint density at radius 1 is 1.11 bits per heavy atom. The third-order valence-corrected chi connectivity index (χ3v) is 3.37. The van der Waals surface area contributed by atoms with Crippen LogP contribution in [0.2, 0.25) is 0 Å². The van der Waals surface area contributed by atoms with E-state index >= 15 is 0 Å². The van der Waals surface area contributed by atoms with Gasteiger partial charge in [0.1, 0.15) is 0 Å². The Hall–Kier alpha value is -2.17. The lowest BCUT2D eigenvalue weighted by Gasteiger charge is -2.03. The van der Waals surface area contributed by atoms with Gasteiger partial charge >= 0.3 is 11.8 Å². The molecule has 2 aliphatic carbocycles. The molecule has 19 heavy (non-hydrogen) atoms. The Bertz CT molecular complexity index is 562. The summed E-state index contributed by atoms with van der Waals surface area (Å²) >= 11 is 0. The Labute approximate surface area is 111 Å². The third-order valence-electron chi connectivity index (χ3n) is 3.37. The molecule has 2 amide bonds. The number of nitrogens with zero attached hydrogens (tertiary/aromatic N) is 1. The molecule has 2 N–H and O–H groups in total. The summed E-state index contributed by atoms with van der Waals surface area (Å²) in [5.74, 6) is -1.29. The van der Waals surface area contributed by atoms with Crippen LogP contribution in [-0.4, -0.2) is 23.6 Å². The molecule has 0 atom stereocenters. The maximum absolute atomic E-state index is 11.5. The predicted octanol–water partition coefficient (Wildman–Crippen LogP) is 0.732. The Balaban J connectivity index is 1.63. The van der Waals surface area contributed by atoms with Crippen molar-refractivity contribution in [1.82, 2.24) is 10.7 Å². The van der Waals surface area contributed by atoms with Gasteiger partial charge in [-0.05, 0) is 31.2 Å². The van der Waals surface area contributed by atoms with Crippen LogP contribution in [0, 0.1) is 0 Å². The van der Waals surface area contributed by atoms with Crippen molar-refractivity contribution in [3.8, 4) is 0 Å². The minimum atomic E-state index is -0.691. The van der Waals surface area contributed by atoms with Gasteiger partial charge in [-0.1, -0.05) is 24.3 Å². The summed E-state index contributed by atoms with van der Waals surface area (Å²) in [6.45, 7) is 0. The standard InChI is InChI=1S/C14H15N3O2/c18-13(15-10-6-7-10)14(19)17-16-12-8-5-9-3-1-2-4-11(9)12/h1-4,10H,5-8H2,(H,15,18)(H,17,19)/b16-12+. The highest BCUT2D eigenvalue weighted by atomic mass is 16.2. The molecule has 1 aromatic rings. The molecule has 0 heterocycles. The van der Waals surface area contributed by atoms with Gasteiger partial charge in [-0.3, -0.25) is 9.59 Å². The minimum Gasteiger partial charge on any atom is -0.345 e. The van der Waals surface area contributed by atoms with E-state index in [4.69, 9.17) is 0 Å². The number of hydrogen-bond acceptors (Lipinski definition) is 3. The summed E-state index contributed by atoms with van der Waals surface area (Å²) in [6, 6.07) is 8.15. The lowest BCUT2D eigenvalue weighted by atomic mass is 10.1. The molecule has 1 fully saturated rings. The number of carbonyl (C=O) groups is 2. The van der Waals surface area contributed by atoms with E-state index in [0.29, 0.717) is 0 Å². The topological polar surface area (TPSA) is 70.6 Å². The van der Waals surface area contributed by atoms with Crippen molar-refractivity contribution < 1.29 is 9.59 Å². The molecule has 0 bridgehead atoms. The maximum atomic E-state index is 11.5. The van der Waals surface area contributed by atoms with Crippen LogP contribution in [0.5, 0.6) is 0 Å². The van der Waals surface area contributed by atoms with Crippen LogP contribution in [0.3, 0.4) is 0 Å². The van der Waals surface area contributed by atoms with Crippen LogP contribution in [0.15, 0.2) is 29.4 Å². The van der Waals surface area contributed by atoms with E-state index in [9.17, 15) is 9.59 Å². The number of benzene rings is 1.